The Kier molecular flexibility index (Phi) is 4.43. The van der Waals surface area contributed by atoms with Gasteiger partial charge in [-0.3, -0.25) is 0 Å². The largest absolute Gasteiger partial charge is 0.389 e. The van der Waals surface area contributed by atoms with E-state index in [0.29, 0.717) is 18.7 Å². The zero-order valence-corrected chi connectivity index (χ0v) is 13.1. The van der Waals surface area contributed by atoms with E-state index in [-0.39, 0.29) is 22.0 Å². The van der Waals surface area contributed by atoms with Crippen molar-refractivity contribution in [1.82, 2.24) is 4.31 Å². The molecular weight excluding hydrogens is 296 g/mol. The number of ether oxygens (including phenoxy) is 1. The standard InChI is InChI=1S/C13H18N2O3S2/c1-9-8-18-10(2)7-15(9)20(16,17)12-5-3-11(4-6-12)13(14)19/h3-6,9-10H,7-8H2,1-2H3,(H2,14,19). The number of benzene rings is 1. The normalized spacial score (nSPS) is 24.5. The number of nitrogens with two attached hydrogens (primary N) is 1. The first-order chi connectivity index (χ1) is 9.32. The third kappa shape index (κ3) is 3.01. The molecule has 1 aromatic rings. The minimum absolute atomic E-state index is 0.100. The van der Waals surface area contributed by atoms with Crippen molar-refractivity contribution in [2.24, 2.45) is 5.73 Å². The van der Waals surface area contributed by atoms with Gasteiger partial charge in [-0.2, -0.15) is 4.31 Å². The van der Waals surface area contributed by atoms with Gasteiger partial charge in [0.15, 0.2) is 0 Å². The first-order valence-electron chi connectivity index (χ1n) is 6.35. The van der Waals surface area contributed by atoms with Crippen LogP contribution < -0.4 is 5.73 Å². The van der Waals surface area contributed by atoms with Crippen molar-refractivity contribution in [3.05, 3.63) is 29.8 Å². The van der Waals surface area contributed by atoms with Gasteiger partial charge in [0.05, 0.1) is 17.6 Å². The van der Waals surface area contributed by atoms with Gasteiger partial charge in [0.25, 0.3) is 0 Å². The highest BCUT2D eigenvalue weighted by molar-refractivity contribution is 7.89. The molecule has 7 heteroatoms. The van der Waals surface area contributed by atoms with E-state index >= 15 is 0 Å². The van der Waals surface area contributed by atoms with Crippen molar-refractivity contribution in [1.29, 1.82) is 0 Å². The monoisotopic (exact) mass is 314 g/mol. The summed E-state index contributed by atoms with van der Waals surface area (Å²) >= 11 is 4.86. The van der Waals surface area contributed by atoms with Crippen LogP contribution in [0.2, 0.25) is 0 Å². The summed E-state index contributed by atoms with van der Waals surface area (Å²) in [5.74, 6) is 0. The van der Waals surface area contributed by atoms with Crippen molar-refractivity contribution in [2.45, 2.75) is 30.9 Å². The van der Waals surface area contributed by atoms with Gasteiger partial charge in [-0.05, 0) is 26.0 Å². The number of sulfonamides is 1. The molecule has 1 aliphatic rings. The van der Waals surface area contributed by atoms with Crippen LogP contribution in [0.1, 0.15) is 19.4 Å². The minimum atomic E-state index is -3.52. The molecule has 110 valence electrons. The third-order valence-corrected chi connectivity index (χ3v) is 5.53. The van der Waals surface area contributed by atoms with E-state index in [2.05, 4.69) is 0 Å². The molecule has 2 unspecified atom stereocenters. The molecule has 2 atom stereocenters. The van der Waals surface area contributed by atoms with Gasteiger partial charge in [-0.1, -0.05) is 24.4 Å². The van der Waals surface area contributed by atoms with Gasteiger partial charge in [0.1, 0.15) is 4.99 Å². The highest BCUT2D eigenvalue weighted by Crippen LogP contribution is 2.22. The maximum absolute atomic E-state index is 12.6. The number of hydrogen-bond acceptors (Lipinski definition) is 4. The summed E-state index contributed by atoms with van der Waals surface area (Å²) in [7, 11) is -3.52. The molecule has 0 aliphatic carbocycles. The van der Waals surface area contributed by atoms with Gasteiger partial charge in [0.2, 0.25) is 10.0 Å². The fraction of sp³-hybridized carbons (Fsp3) is 0.462. The SMILES string of the molecule is CC1CN(S(=O)(=O)c2ccc(C(N)=S)cc2)C(C)CO1. The third-order valence-electron chi connectivity index (χ3n) is 3.30. The molecule has 2 N–H and O–H groups in total. The molecule has 0 spiro atoms. The Morgan fingerprint density at radius 1 is 1.35 bits per heavy atom. The second kappa shape index (κ2) is 5.77. The van der Waals surface area contributed by atoms with E-state index in [0.717, 1.165) is 0 Å². The molecule has 0 aromatic heterocycles. The molecule has 2 rings (SSSR count). The van der Waals surface area contributed by atoms with E-state index in [1.54, 1.807) is 12.1 Å². The summed E-state index contributed by atoms with van der Waals surface area (Å²) in [6.45, 7) is 4.48. The fourth-order valence-electron chi connectivity index (χ4n) is 2.13. The molecule has 1 aliphatic heterocycles. The van der Waals surface area contributed by atoms with Crippen molar-refractivity contribution in [3.8, 4) is 0 Å². The van der Waals surface area contributed by atoms with Gasteiger partial charge < -0.3 is 10.5 Å². The number of thiocarbonyl (C=S) groups is 1. The predicted octanol–water partition coefficient (Wildman–Crippen LogP) is 1.12. The van der Waals surface area contributed by atoms with Crippen LogP contribution in [0.3, 0.4) is 0 Å². The average molecular weight is 314 g/mol. The van der Waals surface area contributed by atoms with Crippen LogP contribution in [0.5, 0.6) is 0 Å². The Morgan fingerprint density at radius 3 is 2.50 bits per heavy atom. The van der Waals surface area contributed by atoms with Crippen LogP contribution in [-0.2, 0) is 14.8 Å². The maximum Gasteiger partial charge on any atom is 0.243 e. The molecule has 0 radical (unpaired) electrons. The highest BCUT2D eigenvalue weighted by Gasteiger charge is 2.33. The molecule has 1 heterocycles. The molecule has 0 bridgehead atoms. The molecule has 1 aromatic carbocycles. The number of morpholine rings is 1. The first kappa shape index (κ1) is 15.4. The molecule has 1 saturated heterocycles. The zero-order chi connectivity index (χ0) is 14.9. The molecule has 20 heavy (non-hydrogen) atoms. The summed E-state index contributed by atoms with van der Waals surface area (Å²) in [5.41, 5.74) is 6.17. The van der Waals surface area contributed by atoms with Crippen molar-refractivity contribution >= 4 is 27.2 Å². The van der Waals surface area contributed by atoms with Crippen LogP contribution >= 0.6 is 12.2 Å². The fourth-order valence-corrected chi connectivity index (χ4v) is 3.96. The Balaban J connectivity index is 2.31. The highest BCUT2D eigenvalue weighted by atomic mass is 32.2. The van der Waals surface area contributed by atoms with E-state index in [4.69, 9.17) is 22.7 Å². The predicted molar refractivity (Wildman–Crippen MR) is 81.1 cm³/mol. The Hall–Kier alpha value is -1.02. The van der Waals surface area contributed by atoms with Gasteiger partial charge in [0, 0.05) is 18.2 Å². The summed E-state index contributed by atoms with van der Waals surface area (Å²) in [6.07, 6.45) is -0.100. The zero-order valence-electron chi connectivity index (χ0n) is 11.4. The van der Waals surface area contributed by atoms with E-state index < -0.39 is 10.0 Å². The number of rotatable bonds is 3. The lowest BCUT2D eigenvalue weighted by Gasteiger charge is -2.35. The second-order valence-electron chi connectivity index (χ2n) is 4.96. The first-order valence-corrected chi connectivity index (χ1v) is 8.20. The molecule has 0 saturated carbocycles. The lowest BCUT2D eigenvalue weighted by molar-refractivity contribution is -0.0170. The maximum atomic E-state index is 12.6. The Labute approximate surface area is 124 Å². The smallest absolute Gasteiger partial charge is 0.243 e. The lowest BCUT2D eigenvalue weighted by Crippen LogP contribution is -2.50. The molecule has 5 nitrogen and oxygen atoms in total. The number of hydrogen-bond donors (Lipinski definition) is 1. The van der Waals surface area contributed by atoms with Crippen molar-refractivity contribution in [3.63, 3.8) is 0 Å². The Morgan fingerprint density at radius 2 is 1.95 bits per heavy atom. The summed E-state index contributed by atoms with van der Waals surface area (Å²) in [5, 5.41) is 0. The van der Waals surface area contributed by atoms with E-state index in [9.17, 15) is 8.42 Å². The number of nitrogens with zero attached hydrogens (tertiary/aromatic N) is 1. The van der Waals surface area contributed by atoms with Crippen molar-refractivity contribution < 1.29 is 13.2 Å². The van der Waals surface area contributed by atoms with Crippen LogP contribution in [0.15, 0.2) is 29.2 Å². The summed E-state index contributed by atoms with van der Waals surface area (Å²) < 4.78 is 32.2. The average Bonchev–Trinajstić information content (AvgIpc) is 2.41. The van der Waals surface area contributed by atoms with Crippen LogP contribution in [0, 0.1) is 0 Å². The van der Waals surface area contributed by atoms with E-state index in [1.165, 1.54) is 16.4 Å². The summed E-state index contributed by atoms with van der Waals surface area (Å²) in [4.78, 5) is 0.501. The molecule has 1 fully saturated rings. The van der Waals surface area contributed by atoms with Crippen LogP contribution in [0.25, 0.3) is 0 Å². The van der Waals surface area contributed by atoms with Gasteiger partial charge in [-0.25, -0.2) is 8.42 Å². The van der Waals surface area contributed by atoms with Gasteiger partial charge in [-0.15, -0.1) is 0 Å². The topological polar surface area (TPSA) is 72.6 Å². The minimum Gasteiger partial charge on any atom is -0.389 e. The quantitative estimate of drug-likeness (QED) is 0.847. The molecular formula is C13H18N2O3S2. The second-order valence-corrected chi connectivity index (χ2v) is 7.29. The molecule has 0 amide bonds. The Bertz CT molecular complexity index is 599. The lowest BCUT2D eigenvalue weighted by atomic mass is 10.2. The summed E-state index contributed by atoms with van der Waals surface area (Å²) in [6, 6.07) is 6.16. The van der Waals surface area contributed by atoms with Crippen LogP contribution in [0.4, 0.5) is 0 Å². The van der Waals surface area contributed by atoms with Crippen LogP contribution in [-0.4, -0.2) is 43.0 Å². The van der Waals surface area contributed by atoms with Crippen molar-refractivity contribution in [2.75, 3.05) is 13.2 Å². The van der Waals surface area contributed by atoms with Gasteiger partial charge >= 0.3 is 0 Å². The van der Waals surface area contributed by atoms with E-state index in [1.807, 2.05) is 13.8 Å².